The standard InChI is InChI=1S/C31H26.C18H20.C15H13Cl3Si.C15H12O.2C15H14.C2H5O3P.CCl4.Cl4Si.HI.N2.Na.H/c1-25-7-9-27(10-8-25)13-14-29-19-21-31(22-20-29)24-23-30-17-15-28(16-18-30)12-11-26-5-3-2-4-6-26;1-3-4-16-9-11-18(12-10-16)14-13-17-7-5-15(2)6-8-17;1-12-2-4-13(5-3-12)6-7-14-8-10-15(11-9-14)19(16,17)18;16-12-15-10-8-14(9-11-15)7-6-13-4-2-1-3-5-13;2*1-13-7-9-15(10-8-13)12-11-14-5-3-2-4-6-14;1-2-5-6(3)4;2-1(3,4)5;1-5(2,3)4;;1-2;;/h2-24H,1H3;5-14H,3-4H2,1-2H3;2-11H,1H3;1-12H;2*2-12H,1H3;2H2,1H3;;;1H;;;/q;;;;;;;;;;;+1;-1/b12-11+,14-13+,24-23+;14-13+;2*7-6+;2*12-11+;;;;;;;. The number of carbonyl (C=O) groups is 1. The van der Waals surface area contributed by atoms with Crippen LogP contribution in [0.15, 0.2) is 364 Å². The number of alkyl halides is 4. The Morgan fingerprint density at radius 1 is 0.299 bits per heavy atom. The number of aryl methyl sites for hydroxylation is 6. The molecule has 0 saturated carbocycles. The van der Waals surface area contributed by atoms with Gasteiger partial charge in [-0.1, -0.05) is 549 Å². The normalized spacial score (nSPS) is 10.9. The van der Waals surface area contributed by atoms with Crippen LogP contribution < -0.4 is 39.6 Å². The summed E-state index contributed by atoms with van der Waals surface area (Å²) in [5.41, 5.74) is 27.8. The maximum Gasteiger partial charge on any atom is 1.00 e. The van der Waals surface area contributed by atoms with Crippen LogP contribution in [0.2, 0.25) is 0 Å². The Balaban J connectivity index is 0.000000535. The van der Waals surface area contributed by atoms with Crippen molar-refractivity contribution in [3.63, 3.8) is 0 Å². The maximum atomic E-state index is 10.5. The number of hydrogen-bond acceptors (Lipinski definition) is 6. The van der Waals surface area contributed by atoms with Gasteiger partial charge in [-0.25, -0.2) is 0 Å². The number of carbonyl (C=O) groups excluding carboxylic acids is 1. The van der Waals surface area contributed by atoms with Crippen molar-refractivity contribution < 1.29 is 49.8 Å². The van der Waals surface area contributed by atoms with Gasteiger partial charge in [-0.3, -0.25) is 4.79 Å². The van der Waals surface area contributed by atoms with E-state index in [9.17, 15) is 14.3 Å². The number of benzene rings is 14. The summed E-state index contributed by atoms with van der Waals surface area (Å²) in [6, 6.07) is 122. The molecule has 0 fully saturated rings. The molecule has 0 bridgehead atoms. The minimum absolute atomic E-state index is 0. The van der Waals surface area contributed by atoms with E-state index in [0.29, 0.717) is 5.56 Å². The molecule has 0 amide bonds. The summed E-state index contributed by atoms with van der Waals surface area (Å²) in [5.74, 6) is 0. The molecule has 14 aromatic carbocycles. The van der Waals surface area contributed by atoms with Crippen molar-refractivity contribution in [3.8, 4) is 0 Å². The molecule has 0 radical (unpaired) electrons. The molecule has 0 aliphatic heterocycles. The summed E-state index contributed by atoms with van der Waals surface area (Å²) in [6.45, 7) is 14.6. The molecule has 0 aliphatic carbocycles. The van der Waals surface area contributed by atoms with Gasteiger partial charge in [-0.05, 0) is 152 Å². The van der Waals surface area contributed by atoms with Crippen LogP contribution in [0.5, 0.6) is 0 Å². The second kappa shape index (κ2) is 69.3. The number of hydrogen-bond donors (Lipinski definition) is 0. The number of nitrogens with zero attached hydrogens (tertiary/aromatic N) is 2. The average Bonchev–Trinajstić information content (AvgIpc) is 0.857. The van der Waals surface area contributed by atoms with E-state index >= 15 is 0 Å². The van der Waals surface area contributed by atoms with Gasteiger partial charge in [0.1, 0.15) is 6.29 Å². The number of halogens is 12. The number of rotatable bonds is 22. The molecule has 0 aromatic heterocycles. The van der Waals surface area contributed by atoms with E-state index in [-0.39, 0.29) is 61.6 Å². The van der Waals surface area contributed by atoms with Crippen molar-refractivity contribution in [2.75, 3.05) is 6.61 Å². The molecule has 0 heterocycles. The largest absolute Gasteiger partial charge is 1.00 e. The quantitative estimate of drug-likeness (QED) is 0.00976. The van der Waals surface area contributed by atoms with Gasteiger partial charge in [0.25, 0.3) is 3.25 Å². The molecule has 14 aromatic rings. The van der Waals surface area contributed by atoms with Crippen molar-refractivity contribution >= 4 is 276 Å². The Morgan fingerprint density at radius 3 is 0.590 bits per heavy atom. The summed E-state index contributed by atoms with van der Waals surface area (Å²) < 4.78 is 11.8. The molecule has 22 heteroatoms. The first-order valence-electron chi connectivity index (χ1n) is 41.8. The molecule has 6 nitrogen and oxygen atoms in total. The first-order valence-corrected chi connectivity index (χ1v) is 55.5. The Kier molecular flexibility index (Phi) is 61.9. The van der Waals surface area contributed by atoms with Gasteiger partial charge < -0.3 is 6.32 Å². The van der Waals surface area contributed by atoms with Gasteiger partial charge in [0, 0.05) is 16.3 Å². The van der Waals surface area contributed by atoms with E-state index < -0.39 is 22.8 Å². The first-order chi connectivity index (χ1) is 63.3. The third-order valence-electron chi connectivity index (χ3n) is 18.3. The maximum absolute atomic E-state index is 10.5. The molecule has 0 spiro atoms. The van der Waals surface area contributed by atoms with Crippen LogP contribution >= 0.6 is 156 Å². The Morgan fingerprint density at radius 2 is 0.448 bits per heavy atom. The zero-order valence-electron chi connectivity index (χ0n) is 76.6. The van der Waals surface area contributed by atoms with Crippen LogP contribution in [0.4, 0.5) is 0 Å². The SMILES string of the molecule is CCCc1ccc(/C=C/c2ccc(C)cc2)cc1.CCO[P+](=O)[O-].Cc1ccc(/C=C/c2ccc(/C=C/c3ccc(/C=C/c4ccccc4)cc3)cc2)cc1.Cc1ccc(/C=C/c2ccc([Si](Cl)(Cl)Cl)cc2)cc1.Cc1ccc(/C=C/c2ccccc2)cc1.Cc1ccc(/C=C/c2ccccc2)cc1.ClC(Cl)(Cl)Cl.Cl[Si](Cl)(Cl)Cl.I.N#N.O=Cc1ccc(/C=C/c2ccccc2)cc1.[H-].[Na+]. The Hall–Kier alpha value is -8.54. The monoisotopic (exact) mass is 2160 g/mol. The van der Waals surface area contributed by atoms with Crippen LogP contribution in [-0.2, 0) is 15.5 Å². The fraction of sp³-hybridized carbons (Fsp3) is 0.0982. The Bertz CT molecular complexity index is 5750. The fourth-order valence-electron chi connectivity index (χ4n) is 11.3. The van der Waals surface area contributed by atoms with E-state index in [4.69, 9.17) is 135 Å². The molecule has 0 N–H and O–H groups in total. The van der Waals surface area contributed by atoms with Gasteiger partial charge in [-0.15, -0.1) is 106 Å². The van der Waals surface area contributed by atoms with Crippen molar-refractivity contribution in [2.45, 2.75) is 64.6 Å². The number of aldehydes is 1. The van der Waals surface area contributed by atoms with E-state index in [1.54, 1.807) is 6.92 Å². The predicted molar refractivity (Wildman–Crippen MR) is 602 cm³/mol. The van der Waals surface area contributed by atoms with Gasteiger partial charge >= 0.3 is 49.1 Å². The summed E-state index contributed by atoms with van der Waals surface area (Å²) in [4.78, 5) is 19.9. The van der Waals surface area contributed by atoms with E-state index in [0.717, 1.165) is 22.6 Å². The minimum Gasteiger partial charge on any atom is -1.00 e. The summed E-state index contributed by atoms with van der Waals surface area (Å²) in [7, 11) is -2.60. The van der Waals surface area contributed by atoms with Crippen molar-refractivity contribution in [1.82, 2.24) is 0 Å². The van der Waals surface area contributed by atoms with Gasteiger partial charge in [0.05, 0.1) is 6.61 Å². The van der Waals surface area contributed by atoms with Crippen molar-refractivity contribution in [2.24, 2.45) is 0 Å². The summed E-state index contributed by atoms with van der Waals surface area (Å²) >= 11 is 57.0. The third-order valence-corrected chi connectivity index (χ3v) is 21.7. The molecular weight excluding hydrogens is 2060 g/mol. The second-order valence-electron chi connectivity index (χ2n) is 29.1. The van der Waals surface area contributed by atoms with E-state index in [2.05, 4.69) is 410 Å². The Labute approximate surface area is 890 Å². The summed E-state index contributed by atoms with van der Waals surface area (Å²) in [6.07, 6.45) is 37.2. The van der Waals surface area contributed by atoms with Crippen LogP contribution in [0, 0.1) is 45.4 Å². The molecule has 686 valence electrons. The van der Waals surface area contributed by atoms with E-state index in [1.165, 1.54) is 124 Å². The third kappa shape index (κ3) is 58.8. The molecule has 134 heavy (non-hydrogen) atoms. The zero-order valence-corrected chi connectivity index (χ0v) is 91.2. The molecular formula is C112H106Cl11IN2NaO4PSi2. The average molecular weight is 2170 g/mol. The van der Waals surface area contributed by atoms with Crippen LogP contribution in [0.25, 0.3) is 97.2 Å². The van der Waals surface area contributed by atoms with Crippen LogP contribution in [-0.4, -0.2) is 27.5 Å². The van der Waals surface area contributed by atoms with Gasteiger partial charge in [-0.2, -0.15) is 0 Å². The van der Waals surface area contributed by atoms with Crippen molar-refractivity contribution in [1.29, 1.82) is 10.8 Å². The molecule has 0 aliphatic rings. The molecule has 0 saturated heterocycles. The van der Waals surface area contributed by atoms with Gasteiger partial charge in [0.2, 0.25) is 0 Å². The summed E-state index contributed by atoms with van der Waals surface area (Å²) in [5, 5.41) is 10.1. The second-order valence-corrected chi connectivity index (χ2v) is 52.8. The van der Waals surface area contributed by atoms with Crippen LogP contribution in [0.3, 0.4) is 0 Å². The minimum atomic E-state index is -2.76. The zero-order chi connectivity index (χ0) is 96.2. The van der Waals surface area contributed by atoms with Crippen LogP contribution in [0.1, 0.15) is 154 Å². The van der Waals surface area contributed by atoms with Crippen molar-refractivity contribution in [3.05, 3.63) is 492 Å². The van der Waals surface area contributed by atoms with Gasteiger partial charge in [0.15, 0.2) is 0 Å². The van der Waals surface area contributed by atoms with E-state index in [1.807, 2.05) is 97.1 Å². The topological polar surface area (TPSA) is 114 Å². The predicted octanol–water partition coefficient (Wildman–Crippen LogP) is 33.4. The first kappa shape index (κ1) is 120. The fourth-order valence-corrected chi connectivity index (χ4v) is 13.2. The molecule has 1 atom stereocenters. The molecule has 14 rings (SSSR count). The molecule has 1 unspecified atom stereocenters. The smallest absolute Gasteiger partial charge is 1.00 e.